The highest BCUT2D eigenvalue weighted by molar-refractivity contribution is 6.43. The van der Waals surface area contributed by atoms with Crippen LogP contribution in [0.2, 0.25) is 0 Å². The molecule has 0 spiro atoms. The van der Waals surface area contributed by atoms with Crippen molar-refractivity contribution in [1.82, 2.24) is 5.32 Å². The quantitative estimate of drug-likeness (QED) is 0.391. The molecule has 2 atom stereocenters. The number of nitrogens with zero attached hydrogens (tertiary/aromatic N) is 1. The van der Waals surface area contributed by atoms with Gasteiger partial charge in [-0.15, -0.1) is 0 Å². The summed E-state index contributed by atoms with van der Waals surface area (Å²) in [5, 5.41) is 28.8. The molecular formula is C27H31BN2O5. The largest absolute Gasteiger partial charge is 0.487 e. The zero-order valence-corrected chi connectivity index (χ0v) is 20.1. The first-order chi connectivity index (χ1) is 16.8. The summed E-state index contributed by atoms with van der Waals surface area (Å²) < 4.78 is 5.97. The van der Waals surface area contributed by atoms with E-state index in [0.717, 1.165) is 16.3 Å². The summed E-state index contributed by atoms with van der Waals surface area (Å²) in [6, 6.07) is 23.5. The van der Waals surface area contributed by atoms with Gasteiger partial charge in [-0.05, 0) is 40.8 Å². The number of hydrogen-bond acceptors (Lipinski definition) is 6. The van der Waals surface area contributed by atoms with Gasteiger partial charge >= 0.3 is 7.12 Å². The number of oxime groups is 1. The van der Waals surface area contributed by atoms with Crippen molar-refractivity contribution >= 4 is 29.5 Å². The minimum Gasteiger partial charge on any atom is -0.487 e. The van der Waals surface area contributed by atoms with Gasteiger partial charge in [0.05, 0.1) is 11.7 Å². The third-order valence-electron chi connectivity index (χ3n) is 6.11. The molecule has 0 saturated heterocycles. The van der Waals surface area contributed by atoms with Crippen LogP contribution in [0.15, 0.2) is 78.0 Å². The van der Waals surface area contributed by atoms with Gasteiger partial charge in [-0.1, -0.05) is 79.7 Å². The lowest BCUT2D eigenvalue weighted by Crippen LogP contribution is -2.56. The van der Waals surface area contributed by atoms with Gasteiger partial charge in [0.2, 0.25) is 5.60 Å². The molecule has 3 aromatic rings. The Labute approximate surface area is 205 Å². The lowest BCUT2D eigenvalue weighted by atomic mass is 9.74. The molecule has 1 heterocycles. The van der Waals surface area contributed by atoms with Gasteiger partial charge in [0.1, 0.15) is 12.4 Å². The van der Waals surface area contributed by atoms with Crippen molar-refractivity contribution in [1.29, 1.82) is 0 Å². The van der Waals surface area contributed by atoms with Crippen LogP contribution in [0.5, 0.6) is 5.75 Å². The van der Waals surface area contributed by atoms with Crippen LogP contribution in [0, 0.1) is 5.92 Å². The predicted octanol–water partition coefficient (Wildman–Crippen LogP) is 3.52. The monoisotopic (exact) mass is 474 g/mol. The van der Waals surface area contributed by atoms with Crippen LogP contribution in [-0.2, 0) is 16.1 Å². The number of rotatable bonds is 10. The van der Waals surface area contributed by atoms with Crippen LogP contribution >= 0.6 is 0 Å². The first kappa shape index (κ1) is 24.8. The molecule has 3 N–H and O–H groups in total. The van der Waals surface area contributed by atoms with Crippen molar-refractivity contribution in [2.45, 2.75) is 44.7 Å². The molecule has 0 radical (unpaired) electrons. The number of ether oxygens (including phenoxy) is 1. The summed E-state index contributed by atoms with van der Waals surface area (Å²) >= 11 is 0. The zero-order chi connectivity index (χ0) is 24.8. The number of nitrogens with one attached hydrogen (secondary N) is 1. The highest BCUT2D eigenvalue weighted by atomic mass is 16.7. The maximum Gasteiger partial charge on any atom is 0.475 e. The molecule has 1 amide bonds. The second kappa shape index (κ2) is 10.9. The Hall–Kier alpha value is -3.36. The first-order valence-corrected chi connectivity index (χ1v) is 11.9. The topological polar surface area (TPSA) is 100 Å². The third-order valence-corrected chi connectivity index (χ3v) is 6.11. The first-order valence-electron chi connectivity index (χ1n) is 11.9. The highest BCUT2D eigenvalue weighted by Crippen LogP contribution is 2.30. The summed E-state index contributed by atoms with van der Waals surface area (Å²) in [6.07, 6.45) is 0.944. The van der Waals surface area contributed by atoms with E-state index in [-0.39, 0.29) is 18.9 Å². The Balaban J connectivity index is 1.48. The fourth-order valence-corrected chi connectivity index (χ4v) is 4.33. The Morgan fingerprint density at radius 1 is 1.09 bits per heavy atom. The number of hydrogen-bond donors (Lipinski definition) is 3. The van der Waals surface area contributed by atoms with Crippen molar-refractivity contribution in [3.63, 3.8) is 0 Å². The summed E-state index contributed by atoms with van der Waals surface area (Å²) in [5.41, 5.74) is 0.224. The minimum atomic E-state index is -1.67. The summed E-state index contributed by atoms with van der Waals surface area (Å²) in [6.45, 7) is 4.09. The lowest BCUT2D eigenvalue weighted by Gasteiger charge is -2.29. The molecule has 35 heavy (non-hydrogen) atoms. The molecule has 0 fully saturated rings. The molecule has 0 aliphatic carbocycles. The van der Waals surface area contributed by atoms with Crippen LogP contribution in [0.3, 0.4) is 0 Å². The van der Waals surface area contributed by atoms with E-state index >= 15 is 0 Å². The van der Waals surface area contributed by atoms with E-state index in [2.05, 4.69) is 10.5 Å². The van der Waals surface area contributed by atoms with Crippen LogP contribution < -0.4 is 10.1 Å². The number of benzene rings is 3. The predicted molar refractivity (Wildman–Crippen MR) is 137 cm³/mol. The zero-order valence-electron chi connectivity index (χ0n) is 20.1. The highest BCUT2D eigenvalue weighted by Gasteiger charge is 2.48. The number of carbonyl (C=O) groups is 1. The van der Waals surface area contributed by atoms with Crippen molar-refractivity contribution in [2.75, 3.05) is 6.61 Å². The second-order valence-electron chi connectivity index (χ2n) is 9.50. The summed E-state index contributed by atoms with van der Waals surface area (Å²) in [4.78, 5) is 19.3. The number of amides is 1. The van der Waals surface area contributed by atoms with Gasteiger partial charge in [-0.3, -0.25) is 4.79 Å². The van der Waals surface area contributed by atoms with Crippen molar-refractivity contribution in [3.8, 4) is 5.75 Å². The molecule has 7 nitrogen and oxygen atoms in total. The van der Waals surface area contributed by atoms with Crippen molar-refractivity contribution in [3.05, 3.63) is 78.4 Å². The number of carbonyl (C=O) groups excluding carboxylic acids is 1. The molecule has 8 heteroatoms. The SMILES string of the molecule is CC(C)CC(NC(=O)C1(Cc2ccccc2)CC(COc2ccc3ccccc3c2)=NO1)B(O)O. The third kappa shape index (κ3) is 6.21. The fourth-order valence-electron chi connectivity index (χ4n) is 4.33. The minimum absolute atomic E-state index is 0.166. The smallest absolute Gasteiger partial charge is 0.475 e. The van der Waals surface area contributed by atoms with Gasteiger partial charge in [0, 0.05) is 12.8 Å². The van der Waals surface area contributed by atoms with Crippen LogP contribution in [-0.4, -0.2) is 46.9 Å². The fraction of sp³-hybridized carbons (Fsp3) is 0.333. The van der Waals surface area contributed by atoms with E-state index in [1.165, 1.54) is 0 Å². The van der Waals surface area contributed by atoms with Gasteiger partial charge in [-0.2, -0.15) is 0 Å². The Bertz CT molecular complexity index is 1180. The van der Waals surface area contributed by atoms with Crippen LogP contribution in [0.25, 0.3) is 10.8 Å². The molecule has 1 aliphatic heterocycles. The van der Waals surface area contributed by atoms with Gasteiger partial charge < -0.3 is 24.9 Å². The second-order valence-corrected chi connectivity index (χ2v) is 9.50. The molecule has 0 aromatic heterocycles. The van der Waals surface area contributed by atoms with Crippen LogP contribution in [0.1, 0.15) is 32.3 Å². The molecule has 3 aromatic carbocycles. The average Bonchev–Trinajstić information content (AvgIpc) is 3.26. The maximum atomic E-state index is 13.5. The molecule has 2 unspecified atom stereocenters. The van der Waals surface area contributed by atoms with Gasteiger partial charge in [0.25, 0.3) is 5.91 Å². The molecule has 0 saturated carbocycles. The molecule has 1 aliphatic rings. The average molecular weight is 474 g/mol. The molecule has 182 valence electrons. The van der Waals surface area contributed by atoms with Gasteiger partial charge in [0.15, 0.2) is 0 Å². The molecular weight excluding hydrogens is 443 g/mol. The van der Waals surface area contributed by atoms with Crippen molar-refractivity contribution in [2.24, 2.45) is 11.1 Å². The lowest BCUT2D eigenvalue weighted by molar-refractivity contribution is -0.144. The van der Waals surface area contributed by atoms with E-state index in [4.69, 9.17) is 9.57 Å². The number of fused-ring (bicyclic) bond motifs is 1. The van der Waals surface area contributed by atoms with Crippen LogP contribution in [0.4, 0.5) is 0 Å². The van der Waals surface area contributed by atoms with Crippen molar-refractivity contribution < 1.29 is 24.4 Å². The van der Waals surface area contributed by atoms with Gasteiger partial charge in [-0.25, -0.2) is 0 Å². The van der Waals surface area contributed by atoms with E-state index in [0.29, 0.717) is 24.3 Å². The maximum absolute atomic E-state index is 13.5. The standard InChI is InChI=1S/C27H31BN2O5/c1-19(2)14-25(28(32)33)29-26(31)27(16-20-8-4-3-5-9-20)17-23(30-35-27)18-34-24-13-12-21-10-6-7-11-22(21)15-24/h3-13,15,19,25,32-33H,14,16-18H2,1-2H3,(H,29,31). The molecule has 4 rings (SSSR count). The summed E-state index contributed by atoms with van der Waals surface area (Å²) in [5.74, 6) is -0.364. The Morgan fingerprint density at radius 2 is 1.80 bits per heavy atom. The van der Waals surface area contributed by atoms with E-state index in [1.807, 2.05) is 86.6 Å². The Kier molecular flexibility index (Phi) is 7.73. The normalized spacial score (nSPS) is 18.1. The van der Waals surface area contributed by atoms with E-state index < -0.39 is 24.6 Å². The van der Waals surface area contributed by atoms with E-state index in [1.54, 1.807) is 0 Å². The Morgan fingerprint density at radius 3 is 2.51 bits per heavy atom. The molecule has 0 bridgehead atoms. The summed E-state index contributed by atoms with van der Waals surface area (Å²) in [7, 11) is -1.67. The van der Waals surface area contributed by atoms with E-state index in [9.17, 15) is 14.8 Å².